The average molecular weight is 377 g/mol. The van der Waals surface area contributed by atoms with E-state index in [1.807, 2.05) is 25.1 Å². The predicted molar refractivity (Wildman–Crippen MR) is 105 cm³/mol. The van der Waals surface area contributed by atoms with Crippen LogP contribution in [-0.2, 0) is 9.53 Å². The molecular weight excluding hydrogens is 358 g/mol. The Morgan fingerprint density at radius 3 is 2.75 bits per heavy atom. The van der Waals surface area contributed by atoms with E-state index in [1.165, 1.54) is 14.2 Å². The number of carbonyl (C=O) groups is 1. The van der Waals surface area contributed by atoms with E-state index in [0.717, 1.165) is 22.2 Å². The second-order valence-electron chi connectivity index (χ2n) is 6.05. The summed E-state index contributed by atoms with van der Waals surface area (Å²) in [5.41, 5.74) is 3.90. The number of aryl methyl sites for hydroxylation is 1. The third-order valence-electron chi connectivity index (χ3n) is 4.08. The molecule has 0 aliphatic heterocycles. The van der Waals surface area contributed by atoms with Gasteiger partial charge in [0.15, 0.2) is 18.1 Å². The lowest BCUT2D eigenvalue weighted by atomic mass is 10.1. The number of ether oxygens (including phenoxy) is 3. The molecule has 0 saturated heterocycles. The lowest BCUT2D eigenvalue weighted by molar-refractivity contribution is -0.142. The van der Waals surface area contributed by atoms with Crippen LogP contribution in [-0.4, -0.2) is 36.8 Å². The summed E-state index contributed by atoms with van der Waals surface area (Å²) < 4.78 is 15.3. The highest BCUT2D eigenvalue weighted by molar-refractivity contribution is 5.90. The molecule has 0 amide bonds. The minimum Gasteiger partial charge on any atom is -0.493 e. The summed E-state index contributed by atoms with van der Waals surface area (Å²) in [5, 5.41) is 9.59. The highest BCUT2D eigenvalue weighted by Gasteiger charge is 2.11. The van der Waals surface area contributed by atoms with Crippen LogP contribution in [0.5, 0.6) is 11.5 Å². The fraction of sp³-hybridized carbons (Fsp3) is 0.190. The zero-order chi connectivity index (χ0) is 20.1. The molecule has 0 atom stereocenters. The van der Waals surface area contributed by atoms with E-state index < -0.39 is 5.97 Å². The van der Waals surface area contributed by atoms with Crippen LogP contribution in [0.1, 0.15) is 17.0 Å². The molecule has 0 unspecified atom stereocenters. The molecule has 3 aromatic rings. The van der Waals surface area contributed by atoms with Gasteiger partial charge in [-0.25, -0.2) is 9.78 Å². The molecule has 1 heterocycles. The minimum atomic E-state index is -0.488. The van der Waals surface area contributed by atoms with Crippen LogP contribution in [0, 0.1) is 18.3 Å². The van der Waals surface area contributed by atoms with Gasteiger partial charge in [-0.2, -0.15) is 5.26 Å². The summed E-state index contributed by atoms with van der Waals surface area (Å²) in [5.74, 6) is 0.851. The lowest BCUT2D eigenvalue weighted by Gasteiger charge is -2.10. The van der Waals surface area contributed by atoms with Crippen LogP contribution in [0.25, 0.3) is 22.7 Å². The summed E-state index contributed by atoms with van der Waals surface area (Å²) in [6.45, 7) is 1.78. The number of allylic oxidation sites excluding steroid dienone is 1. The number of hydrogen-bond acceptors (Lipinski definition) is 6. The molecule has 2 aromatic carbocycles. The smallest absolute Gasteiger partial charge is 0.343 e. The maximum atomic E-state index is 11.2. The number of nitrogens with zero attached hydrogens (tertiary/aromatic N) is 2. The summed E-state index contributed by atoms with van der Waals surface area (Å²) >= 11 is 0. The van der Waals surface area contributed by atoms with Crippen molar-refractivity contribution in [2.24, 2.45) is 0 Å². The van der Waals surface area contributed by atoms with Gasteiger partial charge >= 0.3 is 5.97 Å². The van der Waals surface area contributed by atoms with Gasteiger partial charge in [0, 0.05) is 0 Å². The van der Waals surface area contributed by atoms with Crippen LogP contribution in [0.15, 0.2) is 36.4 Å². The number of H-pyrrole nitrogens is 1. The van der Waals surface area contributed by atoms with E-state index >= 15 is 0 Å². The van der Waals surface area contributed by atoms with Crippen molar-refractivity contribution in [3.05, 3.63) is 53.3 Å². The minimum absolute atomic E-state index is 0.218. The number of nitriles is 1. The first kappa shape index (κ1) is 19.0. The first-order valence-corrected chi connectivity index (χ1v) is 8.50. The van der Waals surface area contributed by atoms with Crippen LogP contribution in [0.2, 0.25) is 0 Å². The number of carbonyl (C=O) groups excluding carboxylic acids is 1. The Hall–Kier alpha value is -3.79. The van der Waals surface area contributed by atoms with Crippen molar-refractivity contribution in [1.29, 1.82) is 5.26 Å². The van der Waals surface area contributed by atoms with Crippen LogP contribution in [0.3, 0.4) is 0 Å². The first-order chi connectivity index (χ1) is 13.5. The third-order valence-corrected chi connectivity index (χ3v) is 4.08. The number of imidazole rings is 1. The number of esters is 1. The molecule has 0 bridgehead atoms. The number of fused-ring (bicyclic) bond motifs is 1. The maximum Gasteiger partial charge on any atom is 0.343 e. The molecule has 0 fully saturated rings. The van der Waals surface area contributed by atoms with Crippen LogP contribution in [0.4, 0.5) is 0 Å². The Labute approximate surface area is 162 Å². The van der Waals surface area contributed by atoms with Crippen molar-refractivity contribution in [1.82, 2.24) is 9.97 Å². The number of aromatic nitrogens is 2. The highest BCUT2D eigenvalue weighted by atomic mass is 16.6. The maximum absolute atomic E-state index is 11.2. The van der Waals surface area contributed by atoms with Gasteiger partial charge in [-0.3, -0.25) is 0 Å². The van der Waals surface area contributed by atoms with Gasteiger partial charge in [-0.1, -0.05) is 12.1 Å². The topological polar surface area (TPSA) is 97.2 Å². The van der Waals surface area contributed by atoms with Crippen molar-refractivity contribution in [3.8, 4) is 17.6 Å². The fourth-order valence-corrected chi connectivity index (χ4v) is 2.66. The van der Waals surface area contributed by atoms with Gasteiger partial charge < -0.3 is 19.2 Å². The molecule has 142 valence electrons. The molecule has 0 spiro atoms. The van der Waals surface area contributed by atoms with Crippen molar-refractivity contribution < 1.29 is 19.0 Å². The van der Waals surface area contributed by atoms with Crippen molar-refractivity contribution in [3.63, 3.8) is 0 Å². The summed E-state index contributed by atoms with van der Waals surface area (Å²) in [6, 6.07) is 13.2. The molecule has 1 N–H and O–H groups in total. The van der Waals surface area contributed by atoms with Gasteiger partial charge in [0.05, 0.1) is 30.8 Å². The van der Waals surface area contributed by atoms with Gasteiger partial charge in [-0.15, -0.1) is 0 Å². The molecule has 0 saturated carbocycles. The molecule has 28 heavy (non-hydrogen) atoms. The van der Waals surface area contributed by atoms with Crippen molar-refractivity contribution in [2.45, 2.75) is 6.92 Å². The van der Waals surface area contributed by atoms with E-state index in [4.69, 9.17) is 9.47 Å². The monoisotopic (exact) mass is 377 g/mol. The van der Waals surface area contributed by atoms with Crippen molar-refractivity contribution >= 4 is 28.7 Å². The number of benzene rings is 2. The standard InChI is InChI=1S/C21H19N3O4/c1-13-4-6-16-17(8-13)24-21(23-16)15(11-22)9-14-5-7-18(19(10-14)26-2)28-12-20(25)27-3/h4-10H,12H2,1-3H3,(H,23,24). The summed E-state index contributed by atoms with van der Waals surface area (Å²) in [7, 11) is 2.79. The Bertz CT molecular complexity index is 1090. The predicted octanol–water partition coefficient (Wildman–Crippen LogP) is 3.50. The second-order valence-corrected chi connectivity index (χ2v) is 6.05. The second kappa shape index (κ2) is 8.27. The SMILES string of the molecule is COC(=O)COc1ccc(C=C(C#N)c2nc3ccc(C)cc3[nH]2)cc1OC. The average Bonchev–Trinajstić information content (AvgIpc) is 3.13. The number of nitrogens with one attached hydrogen (secondary N) is 1. The molecule has 0 aliphatic carbocycles. The number of aromatic amines is 1. The zero-order valence-corrected chi connectivity index (χ0v) is 15.8. The molecule has 0 radical (unpaired) electrons. The summed E-state index contributed by atoms with van der Waals surface area (Å²) in [6.07, 6.45) is 1.71. The van der Waals surface area contributed by atoms with Gasteiger partial charge in [0.25, 0.3) is 0 Å². The molecule has 7 heteroatoms. The van der Waals surface area contributed by atoms with Crippen LogP contribution < -0.4 is 9.47 Å². The van der Waals surface area contributed by atoms with Gasteiger partial charge in [0.1, 0.15) is 11.9 Å². The Morgan fingerprint density at radius 2 is 2.04 bits per heavy atom. The Morgan fingerprint density at radius 1 is 1.21 bits per heavy atom. The van der Waals surface area contributed by atoms with E-state index in [1.54, 1.807) is 24.3 Å². The number of methoxy groups -OCH3 is 2. The zero-order valence-electron chi connectivity index (χ0n) is 15.8. The molecular formula is C21H19N3O4. The van der Waals surface area contributed by atoms with Gasteiger partial charge in [0.2, 0.25) is 0 Å². The van der Waals surface area contributed by atoms with Gasteiger partial charge in [-0.05, 0) is 48.4 Å². The van der Waals surface area contributed by atoms with E-state index in [-0.39, 0.29) is 6.61 Å². The Kier molecular flexibility index (Phi) is 5.61. The van der Waals surface area contributed by atoms with E-state index in [0.29, 0.717) is 22.9 Å². The third kappa shape index (κ3) is 4.13. The van der Waals surface area contributed by atoms with E-state index in [9.17, 15) is 10.1 Å². The number of hydrogen-bond donors (Lipinski definition) is 1. The highest BCUT2D eigenvalue weighted by Crippen LogP contribution is 2.30. The first-order valence-electron chi connectivity index (χ1n) is 8.50. The largest absolute Gasteiger partial charge is 0.493 e. The fourth-order valence-electron chi connectivity index (χ4n) is 2.66. The summed E-state index contributed by atoms with van der Waals surface area (Å²) in [4.78, 5) is 18.9. The molecule has 0 aliphatic rings. The molecule has 7 nitrogen and oxygen atoms in total. The molecule has 3 rings (SSSR count). The molecule has 1 aromatic heterocycles. The Balaban J connectivity index is 1.91. The lowest BCUT2D eigenvalue weighted by Crippen LogP contribution is -2.12. The van der Waals surface area contributed by atoms with E-state index in [2.05, 4.69) is 20.8 Å². The normalized spacial score (nSPS) is 11.1. The van der Waals surface area contributed by atoms with Crippen LogP contribution >= 0.6 is 0 Å². The quantitative estimate of drug-likeness (QED) is 0.522. The number of rotatable bonds is 6. The van der Waals surface area contributed by atoms with Crippen molar-refractivity contribution in [2.75, 3.05) is 20.8 Å².